The number of nitrogens with zero attached hydrogens (tertiary/aromatic N) is 2. The smallest absolute Gasteiger partial charge is 0.309 e. The molecule has 2 aliphatic heterocycles. The molecule has 1 amide bonds. The maximum atomic E-state index is 11.8. The Hall–Kier alpha value is -1.10. The molecule has 0 aromatic rings. The van der Waals surface area contributed by atoms with Gasteiger partial charge in [0.15, 0.2) is 0 Å². The Bertz CT molecular complexity index is 325. The predicted octanol–water partition coefficient (Wildman–Crippen LogP) is 0.884. The molecule has 0 aliphatic carbocycles. The normalized spacial score (nSPS) is 21.9. The molecule has 0 unspecified atom stereocenters. The maximum Gasteiger partial charge on any atom is 0.309 e. The summed E-state index contributed by atoms with van der Waals surface area (Å²) in [6.07, 6.45) is 4.20. The monoisotopic (exact) mass is 268 g/mol. The number of likely N-dealkylation sites (tertiary alicyclic amines) is 2. The minimum atomic E-state index is -0.0548. The van der Waals surface area contributed by atoms with Gasteiger partial charge in [-0.2, -0.15) is 0 Å². The fourth-order valence-corrected chi connectivity index (χ4v) is 2.73. The Morgan fingerprint density at radius 1 is 1.32 bits per heavy atom. The van der Waals surface area contributed by atoms with E-state index in [1.165, 1.54) is 0 Å². The minimum Gasteiger partial charge on any atom is -0.465 e. The van der Waals surface area contributed by atoms with Gasteiger partial charge < -0.3 is 14.5 Å². The summed E-state index contributed by atoms with van der Waals surface area (Å²) in [7, 11) is 2.08. The van der Waals surface area contributed by atoms with E-state index >= 15 is 0 Å². The van der Waals surface area contributed by atoms with E-state index in [2.05, 4.69) is 11.9 Å². The van der Waals surface area contributed by atoms with E-state index < -0.39 is 0 Å². The molecule has 0 atom stereocenters. The van der Waals surface area contributed by atoms with Gasteiger partial charge in [-0.3, -0.25) is 9.59 Å². The molecule has 2 aliphatic rings. The van der Waals surface area contributed by atoms with Crippen molar-refractivity contribution in [2.75, 3.05) is 39.8 Å². The van der Waals surface area contributed by atoms with Gasteiger partial charge in [0.25, 0.3) is 0 Å². The van der Waals surface area contributed by atoms with Crippen LogP contribution in [0.2, 0.25) is 0 Å². The van der Waals surface area contributed by atoms with Crippen molar-refractivity contribution in [2.24, 2.45) is 5.92 Å². The topological polar surface area (TPSA) is 49.9 Å². The quantitative estimate of drug-likeness (QED) is 0.549. The van der Waals surface area contributed by atoms with Crippen molar-refractivity contribution in [1.82, 2.24) is 9.80 Å². The Morgan fingerprint density at radius 2 is 2.05 bits per heavy atom. The summed E-state index contributed by atoms with van der Waals surface area (Å²) in [4.78, 5) is 27.3. The van der Waals surface area contributed by atoms with Gasteiger partial charge in [0.2, 0.25) is 5.91 Å². The van der Waals surface area contributed by atoms with Crippen LogP contribution in [-0.2, 0) is 14.3 Å². The molecule has 2 heterocycles. The predicted molar refractivity (Wildman–Crippen MR) is 71.6 cm³/mol. The lowest BCUT2D eigenvalue weighted by atomic mass is 9.97. The van der Waals surface area contributed by atoms with Crippen LogP contribution in [0.3, 0.4) is 0 Å². The number of carbonyl (C=O) groups is 2. The zero-order chi connectivity index (χ0) is 13.7. The highest BCUT2D eigenvalue weighted by Crippen LogP contribution is 2.17. The van der Waals surface area contributed by atoms with Gasteiger partial charge in [0, 0.05) is 19.5 Å². The number of ether oxygens (including phenoxy) is 1. The molecule has 19 heavy (non-hydrogen) atoms. The van der Waals surface area contributed by atoms with Gasteiger partial charge in [-0.05, 0) is 45.8 Å². The molecular formula is C14H24N2O3. The average Bonchev–Trinajstić information content (AvgIpc) is 2.81. The highest BCUT2D eigenvalue weighted by molar-refractivity contribution is 5.78. The summed E-state index contributed by atoms with van der Waals surface area (Å²) in [6, 6.07) is 0. The van der Waals surface area contributed by atoms with Crippen LogP contribution in [0.25, 0.3) is 0 Å². The molecule has 2 fully saturated rings. The Labute approximate surface area is 114 Å². The standard InChI is InChI=1S/C14H24N2O3/c1-15-9-5-12(6-10-15)14(18)19-11-3-8-16-7-2-4-13(16)17/h12H,2-11H2,1H3. The number of piperidine rings is 1. The van der Waals surface area contributed by atoms with Crippen LogP contribution in [-0.4, -0.2) is 61.5 Å². The number of rotatable bonds is 5. The number of amides is 1. The zero-order valence-corrected chi connectivity index (χ0v) is 11.8. The maximum absolute atomic E-state index is 11.8. The van der Waals surface area contributed by atoms with Crippen LogP contribution in [0.4, 0.5) is 0 Å². The first-order valence-electron chi connectivity index (χ1n) is 7.30. The first kappa shape index (κ1) is 14.3. The number of hydrogen-bond acceptors (Lipinski definition) is 4. The average molecular weight is 268 g/mol. The first-order chi connectivity index (χ1) is 9.16. The van der Waals surface area contributed by atoms with Crippen LogP contribution in [0, 0.1) is 5.92 Å². The second kappa shape index (κ2) is 6.89. The van der Waals surface area contributed by atoms with Crippen molar-refractivity contribution in [1.29, 1.82) is 0 Å². The fraction of sp³-hybridized carbons (Fsp3) is 0.857. The number of esters is 1. The third-order valence-electron chi connectivity index (χ3n) is 4.04. The lowest BCUT2D eigenvalue weighted by molar-refractivity contribution is -0.150. The van der Waals surface area contributed by atoms with Crippen molar-refractivity contribution in [2.45, 2.75) is 32.1 Å². The number of carbonyl (C=O) groups excluding carboxylic acids is 2. The second-order valence-corrected chi connectivity index (χ2v) is 5.58. The summed E-state index contributed by atoms with van der Waals surface area (Å²) in [5.41, 5.74) is 0. The van der Waals surface area contributed by atoms with Crippen LogP contribution < -0.4 is 0 Å². The van der Waals surface area contributed by atoms with Crippen LogP contribution >= 0.6 is 0 Å². The molecule has 5 nitrogen and oxygen atoms in total. The molecule has 0 saturated carbocycles. The SMILES string of the molecule is CN1CCC(C(=O)OCCCN2CCCC2=O)CC1. The van der Waals surface area contributed by atoms with Crippen molar-refractivity contribution in [3.8, 4) is 0 Å². The van der Waals surface area contributed by atoms with Crippen molar-refractivity contribution >= 4 is 11.9 Å². The van der Waals surface area contributed by atoms with Gasteiger partial charge in [-0.1, -0.05) is 0 Å². The summed E-state index contributed by atoms with van der Waals surface area (Å²) < 4.78 is 5.32. The second-order valence-electron chi connectivity index (χ2n) is 5.58. The van der Waals surface area contributed by atoms with Crippen molar-refractivity contribution < 1.29 is 14.3 Å². The summed E-state index contributed by atoms with van der Waals surface area (Å²) in [5, 5.41) is 0. The van der Waals surface area contributed by atoms with Gasteiger partial charge in [-0.25, -0.2) is 0 Å². The van der Waals surface area contributed by atoms with Gasteiger partial charge in [-0.15, -0.1) is 0 Å². The minimum absolute atomic E-state index is 0.0548. The largest absolute Gasteiger partial charge is 0.465 e. The summed E-state index contributed by atoms with van der Waals surface area (Å²) in [5.74, 6) is 0.257. The Balaban J connectivity index is 1.57. The molecule has 0 bridgehead atoms. The van der Waals surface area contributed by atoms with Crippen LogP contribution in [0.5, 0.6) is 0 Å². The molecule has 0 aromatic heterocycles. The summed E-state index contributed by atoms with van der Waals surface area (Å²) in [6.45, 7) is 3.97. The van der Waals surface area contributed by atoms with E-state index in [0.717, 1.165) is 51.9 Å². The molecule has 0 radical (unpaired) electrons. The fourth-order valence-electron chi connectivity index (χ4n) is 2.73. The molecule has 2 saturated heterocycles. The lowest BCUT2D eigenvalue weighted by Crippen LogP contribution is -2.34. The molecule has 2 rings (SSSR count). The molecule has 0 N–H and O–H groups in total. The number of hydrogen-bond donors (Lipinski definition) is 0. The molecule has 5 heteroatoms. The van der Waals surface area contributed by atoms with E-state index in [9.17, 15) is 9.59 Å². The van der Waals surface area contributed by atoms with E-state index in [1.807, 2.05) is 4.90 Å². The van der Waals surface area contributed by atoms with E-state index in [1.54, 1.807) is 0 Å². The zero-order valence-electron chi connectivity index (χ0n) is 11.8. The van der Waals surface area contributed by atoms with E-state index in [-0.39, 0.29) is 17.8 Å². The molecular weight excluding hydrogens is 244 g/mol. The van der Waals surface area contributed by atoms with E-state index in [4.69, 9.17) is 4.74 Å². The Kier molecular flexibility index (Phi) is 5.19. The van der Waals surface area contributed by atoms with Crippen LogP contribution in [0.1, 0.15) is 32.1 Å². The highest BCUT2D eigenvalue weighted by atomic mass is 16.5. The van der Waals surface area contributed by atoms with Gasteiger partial charge >= 0.3 is 5.97 Å². The summed E-state index contributed by atoms with van der Waals surface area (Å²) >= 11 is 0. The van der Waals surface area contributed by atoms with Gasteiger partial charge in [0.05, 0.1) is 12.5 Å². The Morgan fingerprint density at radius 3 is 2.68 bits per heavy atom. The lowest BCUT2D eigenvalue weighted by Gasteiger charge is -2.27. The third kappa shape index (κ3) is 4.20. The molecule has 108 valence electrons. The van der Waals surface area contributed by atoms with Crippen molar-refractivity contribution in [3.63, 3.8) is 0 Å². The first-order valence-corrected chi connectivity index (χ1v) is 7.30. The van der Waals surface area contributed by atoms with Gasteiger partial charge in [0.1, 0.15) is 0 Å². The van der Waals surface area contributed by atoms with Crippen molar-refractivity contribution in [3.05, 3.63) is 0 Å². The van der Waals surface area contributed by atoms with E-state index in [0.29, 0.717) is 13.0 Å². The third-order valence-corrected chi connectivity index (χ3v) is 4.04. The van der Waals surface area contributed by atoms with Crippen LogP contribution in [0.15, 0.2) is 0 Å². The highest BCUT2D eigenvalue weighted by Gasteiger charge is 2.24. The molecule has 0 spiro atoms. The molecule has 0 aromatic carbocycles.